The molecule has 84 valence electrons. The van der Waals surface area contributed by atoms with Crippen LogP contribution in [0.4, 0.5) is 5.69 Å². The lowest BCUT2D eigenvalue weighted by atomic mass is 10.2. The van der Waals surface area contributed by atoms with Gasteiger partial charge in [-0.1, -0.05) is 19.9 Å². The Bertz CT molecular complexity index is 477. The van der Waals surface area contributed by atoms with E-state index in [-0.39, 0.29) is 5.92 Å². The number of nitrogens with one attached hydrogen (secondary N) is 1. The molecule has 2 rings (SSSR count). The molecule has 0 saturated heterocycles. The molecule has 0 unspecified atom stereocenters. The normalized spacial score (nSPS) is 10.8. The van der Waals surface area contributed by atoms with Crippen LogP contribution in [0.25, 0.3) is 11.5 Å². The first-order valence-corrected chi connectivity index (χ1v) is 5.32. The zero-order valence-electron chi connectivity index (χ0n) is 9.69. The van der Waals surface area contributed by atoms with Crippen molar-refractivity contribution in [3.8, 4) is 11.5 Å². The van der Waals surface area contributed by atoms with Crippen LogP contribution in [0, 0.1) is 0 Å². The van der Waals surface area contributed by atoms with Crippen molar-refractivity contribution in [2.75, 3.05) is 12.4 Å². The molecule has 1 N–H and O–H groups in total. The van der Waals surface area contributed by atoms with Crippen LogP contribution in [0.15, 0.2) is 28.7 Å². The highest BCUT2D eigenvalue weighted by molar-refractivity contribution is 5.60. The third-order valence-electron chi connectivity index (χ3n) is 2.33. The lowest BCUT2D eigenvalue weighted by Gasteiger charge is -2.00. The van der Waals surface area contributed by atoms with E-state index < -0.39 is 0 Å². The average molecular weight is 217 g/mol. The van der Waals surface area contributed by atoms with Gasteiger partial charge >= 0.3 is 0 Å². The van der Waals surface area contributed by atoms with Crippen molar-refractivity contribution < 1.29 is 4.42 Å². The van der Waals surface area contributed by atoms with Crippen molar-refractivity contribution in [3.05, 3.63) is 30.2 Å². The largest absolute Gasteiger partial charge is 0.420 e. The smallest absolute Gasteiger partial charge is 0.247 e. The Morgan fingerprint density at radius 2 is 2.06 bits per heavy atom. The summed E-state index contributed by atoms with van der Waals surface area (Å²) in [6.07, 6.45) is 0. The summed E-state index contributed by atoms with van der Waals surface area (Å²) in [6.45, 7) is 4.06. The van der Waals surface area contributed by atoms with Gasteiger partial charge in [0, 0.05) is 24.2 Å². The molecule has 0 aliphatic heterocycles. The molecule has 0 radical (unpaired) electrons. The van der Waals surface area contributed by atoms with Crippen LogP contribution in [-0.2, 0) is 0 Å². The molecule has 1 heterocycles. The topological polar surface area (TPSA) is 51.0 Å². The van der Waals surface area contributed by atoms with E-state index in [1.807, 2.05) is 45.2 Å². The van der Waals surface area contributed by atoms with Crippen molar-refractivity contribution in [3.63, 3.8) is 0 Å². The monoisotopic (exact) mass is 217 g/mol. The molecule has 4 nitrogen and oxygen atoms in total. The van der Waals surface area contributed by atoms with Crippen molar-refractivity contribution in [1.29, 1.82) is 0 Å². The summed E-state index contributed by atoms with van der Waals surface area (Å²) in [4.78, 5) is 0. The fourth-order valence-electron chi connectivity index (χ4n) is 1.39. The molecular weight excluding hydrogens is 202 g/mol. The van der Waals surface area contributed by atoms with Crippen LogP contribution < -0.4 is 5.32 Å². The molecule has 0 aliphatic carbocycles. The summed E-state index contributed by atoms with van der Waals surface area (Å²) >= 11 is 0. The molecule has 0 bridgehead atoms. The minimum absolute atomic E-state index is 0.258. The molecule has 4 heteroatoms. The van der Waals surface area contributed by atoms with E-state index in [4.69, 9.17) is 4.42 Å². The molecule has 0 saturated carbocycles. The number of anilines is 1. The van der Waals surface area contributed by atoms with Gasteiger partial charge in [-0.15, -0.1) is 10.2 Å². The van der Waals surface area contributed by atoms with Gasteiger partial charge in [0.1, 0.15) is 0 Å². The van der Waals surface area contributed by atoms with Gasteiger partial charge < -0.3 is 9.73 Å². The number of hydrogen-bond donors (Lipinski definition) is 1. The van der Waals surface area contributed by atoms with Gasteiger partial charge in [0.25, 0.3) is 0 Å². The third-order valence-corrected chi connectivity index (χ3v) is 2.33. The van der Waals surface area contributed by atoms with Crippen molar-refractivity contribution in [2.45, 2.75) is 19.8 Å². The first-order chi connectivity index (χ1) is 7.70. The quantitative estimate of drug-likeness (QED) is 0.858. The van der Waals surface area contributed by atoms with Crippen LogP contribution in [0.5, 0.6) is 0 Å². The van der Waals surface area contributed by atoms with Crippen LogP contribution in [0.2, 0.25) is 0 Å². The van der Waals surface area contributed by atoms with Gasteiger partial charge in [-0.3, -0.25) is 0 Å². The maximum Gasteiger partial charge on any atom is 0.247 e. The minimum Gasteiger partial charge on any atom is -0.420 e. The van der Waals surface area contributed by atoms with E-state index in [1.54, 1.807) is 0 Å². The number of nitrogens with zero attached hydrogens (tertiary/aromatic N) is 2. The lowest BCUT2D eigenvalue weighted by molar-refractivity contribution is 0.481. The lowest BCUT2D eigenvalue weighted by Crippen LogP contribution is -1.87. The second kappa shape index (κ2) is 4.35. The summed E-state index contributed by atoms with van der Waals surface area (Å²) in [5, 5.41) is 11.1. The second-order valence-electron chi connectivity index (χ2n) is 3.93. The van der Waals surface area contributed by atoms with Crippen LogP contribution >= 0.6 is 0 Å². The van der Waals surface area contributed by atoms with Crippen molar-refractivity contribution in [2.24, 2.45) is 0 Å². The Labute approximate surface area is 94.7 Å². The Kier molecular flexibility index (Phi) is 2.90. The summed E-state index contributed by atoms with van der Waals surface area (Å²) in [6, 6.07) is 7.89. The summed E-state index contributed by atoms with van der Waals surface area (Å²) < 4.78 is 5.58. The Balaban J connectivity index is 2.34. The molecule has 1 aromatic carbocycles. The average Bonchev–Trinajstić information content (AvgIpc) is 2.78. The zero-order valence-corrected chi connectivity index (χ0v) is 9.69. The summed E-state index contributed by atoms with van der Waals surface area (Å²) in [7, 11) is 1.88. The predicted molar refractivity (Wildman–Crippen MR) is 63.4 cm³/mol. The van der Waals surface area contributed by atoms with Crippen LogP contribution in [0.3, 0.4) is 0 Å². The zero-order chi connectivity index (χ0) is 11.5. The van der Waals surface area contributed by atoms with E-state index in [0.29, 0.717) is 11.8 Å². The molecule has 0 fully saturated rings. The maximum atomic E-state index is 5.58. The van der Waals surface area contributed by atoms with E-state index >= 15 is 0 Å². The SMILES string of the molecule is CNc1cccc(-c2nnc(C(C)C)o2)c1. The molecule has 0 aliphatic rings. The standard InChI is InChI=1S/C12H15N3O/c1-8(2)11-14-15-12(16-11)9-5-4-6-10(7-9)13-3/h4-8,13H,1-3H3. The van der Waals surface area contributed by atoms with E-state index in [0.717, 1.165) is 11.3 Å². The van der Waals surface area contributed by atoms with Crippen LogP contribution in [-0.4, -0.2) is 17.2 Å². The number of benzene rings is 1. The molecule has 0 spiro atoms. The molecule has 1 aromatic heterocycles. The highest BCUT2D eigenvalue weighted by Crippen LogP contribution is 2.23. The molecule has 0 amide bonds. The van der Waals surface area contributed by atoms with E-state index in [9.17, 15) is 0 Å². The van der Waals surface area contributed by atoms with Gasteiger partial charge in [0.05, 0.1) is 0 Å². The highest BCUT2D eigenvalue weighted by Gasteiger charge is 2.11. The number of rotatable bonds is 3. The van der Waals surface area contributed by atoms with Gasteiger partial charge in [-0.25, -0.2) is 0 Å². The molecule has 0 atom stereocenters. The Hall–Kier alpha value is -1.84. The third kappa shape index (κ3) is 2.05. The molecule has 2 aromatic rings. The summed E-state index contributed by atoms with van der Waals surface area (Å²) in [5.41, 5.74) is 1.97. The van der Waals surface area contributed by atoms with Gasteiger partial charge in [0.15, 0.2) is 0 Å². The fourth-order valence-corrected chi connectivity index (χ4v) is 1.39. The van der Waals surface area contributed by atoms with Crippen LogP contribution in [0.1, 0.15) is 25.7 Å². The first-order valence-electron chi connectivity index (χ1n) is 5.32. The van der Waals surface area contributed by atoms with E-state index in [2.05, 4.69) is 15.5 Å². The minimum atomic E-state index is 0.258. The first kappa shape index (κ1) is 10.7. The summed E-state index contributed by atoms with van der Waals surface area (Å²) in [5.74, 6) is 1.50. The highest BCUT2D eigenvalue weighted by atomic mass is 16.4. The van der Waals surface area contributed by atoms with E-state index in [1.165, 1.54) is 0 Å². The maximum absolute atomic E-state index is 5.58. The fraction of sp³-hybridized carbons (Fsp3) is 0.333. The second-order valence-corrected chi connectivity index (χ2v) is 3.93. The van der Waals surface area contributed by atoms with Crippen molar-refractivity contribution >= 4 is 5.69 Å². The number of aromatic nitrogens is 2. The predicted octanol–water partition coefficient (Wildman–Crippen LogP) is 2.90. The molecular formula is C12H15N3O. The number of hydrogen-bond acceptors (Lipinski definition) is 4. The molecule has 16 heavy (non-hydrogen) atoms. The van der Waals surface area contributed by atoms with Gasteiger partial charge in [-0.05, 0) is 18.2 Å². The van der Waals surface area contributed by atoms with Gasteiger partial charge in [-0.2, -0.15) is 0 Å². The van der Waals surface area contributed by atoms with Gasteiger partial charge in [0.2, 0.25) is 11.8 Å². The Morgan fingerprint density at radius 1 is 1.25 bits per heavy atom. The Morgan fingerprint density at radius 3 is 2.69 bits per heavy atom. The van der Waals surface area contributed by atoms with Crippen molar-refractivity contribution in [1.82, 2.24) is 10.2 Å².